The van der Waals surface area contributed by atoms with Crippen LogP contribution in [0.1, 0.15) is 34.1 Å². The summed E-state index contributed by atoms with van der Waals surface area (Å²) in [5, 5.41) is 10.3. The molecule has 0 unspecified atom stereocenters. The molecule has 3 heterocycles. The third kappa shape index (κ3) is 5.28. The summed E-state index contributed by atoms with van der Waals surface area (Å²) in [4.78, 5) is 25.0. The Kier molecular flexibility index (Phi) is 7.05. The van der Waals surface area contributed by atoms with Crippen LogP contribution in [0.25, 0.3) is 0 Å². The maximum absolute atomic E-state index is 12.6. The fraction of sp³-hybridized carbons (Fsp3) is 0.250. The molecule has 2 aliphatic rings. The van der Waals surface area contributed by atoms with E-state index < -0.39 is 35.0 Å². The molecule has 3 aromatic rings. The minimum Gasteiger partial charge on any atom is -0.502 e. The molecule has 1 aromatic heterocycles. The van der Waals surface area contributed by atoms with Crippen molar-refractivity contribution < 1.29 is 23.1 Å². The van der Waals surface area contributed by atoms with Crippen molar-refractivity contribution >= 4 is 29.3 Å². The molecule has 0 bridgehead atoms. The normalized spacial score (nSPS) is 15.5. The largest absolute Gasteiger partial charge is 0.502 e. The van der Waals surface area contributed by atoms with Gasteiger partial charge in [-0.3, -0.25) is 14.3 Å². The Bertz CT molecular complexity index is 1330. The van der Waals surface area contributed by atoms with Gasteiger partial charge < -0.3 is 15.4 Å². The van der Waals surface area contributed by atoms with Gasteiger partial charge in [0.25, 0.3) is 5.91 Å². The number of pyridine rings is 1. The summed E-state index contributed by atoms with van der Waals surface area (Å²) in [5.41, 5.74) is 5.37. The first kappa shape index (κ1) is 25.0. The monoisotopic (exact) mass is 523 g/mol. The molecular weight excluding hydrogens is 503 g/mol. The number of benzene rings is 2. The second-order valence-electron chi connectivity index (χ2n) is 8.04. The van der Waals surface area contributed by atoms with Crippen LogP contribution in [0, 0.1) is 0 Å². The molecule has 0 fully saturated rings. The molecule has 0 saturated carbocycles. The van der Waals surface area contributed by atoms with Crippen molar-refractivity contribution in [1.82, 2.24) is 9.58 Å². The van der Waals surface area contributed by atoms with Crippen molar-refractivity contribution in [1.29, 1.82) is 0 Å². The molecule has 2 N–H and O–H groups in total. The SMILES string of the molecule is C[C@H](N1CNn2ccc(=O)c(O)c2C1=O)C(F)(F)F.Clc1ccc2c(c1)Cc1ccccc1CS2. The Balaban J connectivity index is 0.000000167. The third-order valence-corrected chi connectivity index (χ3v) is 7.19. The van der Waals surface area contributed by atoms with Gasteiger partial charge in [-0.25, -0.2) is 0 Å². The second-order valence-corrected chi connectivity index (χ2v) is 9.50. The van der Waals surface area contributed by atoms with Gasteiger partial charge in [-0.1, -0.05) is 35.9 Å². The summed E-state index contributed by atoms with van der Waals surface area (Å²) >= 11 is 7.95. The standard InChI is InChI=1S/C14H11ClS.C10H10F3N3O3/c15-13-5-6-14-12(8-13)7-10-3-1-2-4-11(10)9-16-14;1-5(10(11,12)13)15-4-14-16-3-2-6(17)8(18)7(16)9(15)19/h1-6,8H,7,9H2;2-3,5,14,18H,4H2,1H3/t;5-/m.0/s1. The predicted molar refractivity (Wildman–Crippen MR) is 129 cm³/mol. The number of nitrogens with zero attached hydrogens (tertiary/aromatic N) is 2. The fourth-order valence-electron chi connectivity index (χ4n) is 3.77. The minimum atomic E-state index is -4.59. The predicted octanol–water partition coefficient (Wildman–Crippen LogP) is 5.00. The second kappa shape index (κ2) is 9.87. The van der Waals surface area contributed by atoms with E-state index in [1.807, 2.05) is 17.8 Å². The molecular formula is C24H21ClF3N3O3S. The quantitative estimate of drug-likeness (QED) is 0.470. The Labute approximate surface area is 208 Å². The highest BCUT2D eigenvalue weighted by Gasteiger charge is 2.44. The van der Waals surface area contributed by atoms with E-state index >= 15 is 0 Å². The summed E-state index contributed by atoms with van der Waals surface area (Å²) in [7, 11) is 0. The molecule has 11 heteroatoms. The molecule has 5 rings (SSSR count). The Morgan fingerprint density at radius 3 is 2.51 bits per heavy atom. The molecule has 1 amide bonds. The summed E-state index contributed by atoms with van der Waals surface area (Å²) < 4.78 is 38.9. The van der Waals surface area contributed by atoms with Gasteiger partial charge in [0, 0.05) is 27.9 Å². The molecule has 0 aliphatic carbocycles. The average Bonchev–Trinajstić information content (AvgIpc) is 3.00. The van der Waals surface area contributed by atoms with Crippen LogP contribution in [0.3, 0.4) is 0 Å². The zero-order chi connectivity index (χ0) is 25.3. The number of aromatic hydroxyl groups is 1. The van der Waals surface area contributed by atoms with Crippen LogP contribution < -0.4 is 10.9 Å². The minimum absolute atomic E-state index is 0.380. The van der Waals surface area contributed by atoms with Gasteiger partial charge in [0.2, 0.25) is 5.43 Å². The van der Waals surface area contributed by atoms with Crippen molar-refractivity contribution in [3.8, 4) is 5.75 Å². The van der Waals surface area contributed by atoms with Crippen molar-refractivity contribution in [3.63, 3.8) is 0 Å². The number of hydrogen-bond acceptors (Lipinski definition) is 5. The molecule has 0 saturated heterocycles. The molecule has 0 radical (unpaired) electrons. The van der Waals surface area contributed by atoms with Crippen LogP contribution in [0.15, 0.2) is 64.4 Å². The van der Waals surface area contributed by atoms with Crippen molar-refractivity contribution in [3.05, 3.63) is 92.4 Å². The van der Waals surface area contributed by atoms with Crippen LogP contribution >= 0.6 is 23.4 Å². The Hall–Kier alpha value is -3.11. The lowest BCUT2D eigenvalue weighted by molar-refractivity contribution is -0.172. The zero-order valence-corrected chi connectivity index (χ0v) is 20.0. The molecule has 6 nitrogen and oxygen atoms in total. The summed E-state index contributed by atoms with van der Waals surface area (Å²) in [6.07, 6.45) is -2.42. The Morgan fingerprint density at radius 2 is 1.80 bits per heavy atom. The van der Waals surface area contributed by atoms with E-state index in [0.717, 1.165) is 34.9 Å². The van der Waals surface area contributed by atoms with E-state index in [9.17, 15) is 27.9 Å². The first-order valence-electron chi connectivity index (χ1n) is 10.6. The number of nitrogens with one attached hydrogen (secondary N) is 1. The zero-order valence-electron chi connectivity index (χ0n) is 18.5. The Morgan fingerprint density at radius 1 is 1.09 bits per heavy atom. The van der Waals surface area contributed by atoms with Crippen molar-refractivity contribution in [2.75, 3.05) is 12.1 Å². The van der Waals surface area contributed by atoms with Gasteiger partial charge in [0.05, 0.1) is 0 Å². The van der Waals surface area contributed by atoms with E-state index in [2.05, 4.69) is 41.8 Å². The maximum Gasteiger partial charge on any atom is 0.408 e. The third-order valence-electron chi connectivity index (χ3n) is 5.79. The number of halogens is 4. The van der Waals surface area contributed by atoms with Gasteiger partial charge in [0.1, 0.15) is 12.7 Å². The first-order valence-corrected chi connectivity index (χ1v) is 12.0. The smallest absolute Gasteiger partial charge is 0.408 e. The number of rotatable bonds is 1. The molecule has 0 spiro atoms. The van der Waals surface area contributed by atoms with Crippen LogP contribution in [-0.4, -0.2) is 39.5 Å². The lowest BCUT2D eigenvalue weighted by atomic mass is 10.0. The number of alkyl halides is 3. The number of aromatic nitrogens is 1. The highest BCUT2D eigenvalue weighted by molar-refractivity contribution is 7.98. The number of amides is 1. The van der Waals surface area contributed by atoms with Crippen LogP contribution in [0.4, 0.5) is 13.2 Å². The number of thioether (sulfide) groups is 1. The highest BCUT2D eigenvalue weighted by atomic mass is 35.5. The number of hydrogen-bond donors (Lipinski definition) is 2. The van der Waals surface area contributed by atoms with Gasteiger partial charge in [-0.15, -0.1) is 11.8 Å². The lowest BCUT2D eigenvalue weighted by Crippen LogP contribution is -2.54. The molecule has 1 atom stereocenters. The van der Waals surface area contributed by atoms with Crippen LogP contribution in [0.2, 0.25) is 5.02 Å². The topological polar surface area (TPSA) is 74.6 Å². The molecule has 2 aromatic carbocycles. The fourth-order valence-corrected chi connectivity index (χ4v) is 5.04. The summed E-state index contributed by atoms with van der Waals surface area (Å²) in [6.45, 7) is 0.447. The van der Waals surface area contributed by atoms with Gasteiger partial charge in [0.15, 0.2) is 11.4 Å². The lowest BCUT2D eigenvalue weighted by Gasteiger charge is -2.35. The molecule has 184 valence electrons. The molecule has 35 heavy (non-hydrogen) atoms. The van der Waals surface area contributed by atoms with Gasteiger partial charge in [-0.2, -0.15) is 13.2 Å². The number of carbonyl (C=O) groups is 1. The van der Waals surface area contributed by atoms with Crippen molar-refractivity contribution in [2.24, 2.45) is 0 Å². The van der Waals surface area contributed by atoms with E-state index in [1.165, 1.54) is 27.8 Å². The summed E-state index contributed by atoms with van der Waals surface area (Å²) in [5.74, 6) is -0.872. The van der Waals surface area contributed by atoms with E-state index in [-0.39, 0.29) is 6.67 Å². The van der Waals surface area contributed by atoms with Gasteiger partial charge >= 0.3 is 6.18 Å². The number of carbonyl (C=O) groups excluding carboxylic acids is 1. The summed E-state index contributed by atoms with van der Waals surface area (Å²) in [6, 6.07) is 13.8. The number of fused-ring (bicyclic) bond motifs is 3. The molecule has 2 aliphatic heterocycles. The van der Waals surface area contributed by atoms with Gasteiger partial charge in [-0.05, 0) is 48.2 Å². The van der Waals surface area contributed by atoms with E-state index in [4.69, 9.17) is 11.6 Å². The van der Waals surface area contributed by atoms with Crippen molar-refractivity contribution in [2.45, 2.75) is 36.2 Å². The average molecular weight is 524 g/mol. The van der Waals surface area contributed by atoms with E-state index in [1.54, 1.807) is 0 Å². The van der Waals surface area contributed by atoms with E-state index in [0.29, 0.717) is 4.90 Å². The first-order chi connectivity index (χ1) is 16.6. The van der Waals surface area contributed by atoms with Crippen LogP contribution in [-0.2, 0) is 12.2 Å². The maximum atomic E-state index is 12.6. The highest BCUT2D eigenvalue weighted by Crippen LogP contribution is 2.35. The van der Waals surface area contributed by atoms with Crippen LogP contribution in [0.5, 0.6) is 5.75 Å².